The molecule has 0 fully saturated rings. The molecule has 0 saturated carbocycles. The van der Waals surface area contributed by atoms with Crippen molar-refractivity contribution in [2.75, 3.05) is 25.0 Å². The van der Waals surface area contributed by atoms with Gasteiger partial charge in [-0.25, -0.2) is 9.97 Å². The predicted molar refractivity (Wildman–Crippen MR) is 76.8 cm³/mol. The third kappa shape index (κ3) is 5.99. The number of nitrogens with zero attached hydrogens (tertiary/aromatic N) is 3. The van der Waals surface area contributed by atoms with Crippen molar-refractivity contribution in [1.82, 2.24) is 14.9 Å². The third-order valence-electron chi connectivity index (χ3n) is 2.61. The first kappa shape index (κ1) is 15.1. The standard InChI is InChI=1S/C14H22N4O/c1-4-18(11-12(2)3)13(19)7-5-8-15-14-16-9-6-10-17-14/h6,9-10H,2,4-5,7-8,11H2,1,3H3,(H,15,16,17). The Balaban J connectivity index is 2.24. The summed E-state index contributed by atoms with van der Waals surface area (Å²) in [5.41, 5.74) is 1.01. The van der Waals surface area contributed by atoms with Crippen molar-refractivity contribution in [3.63, 3.8) is 0 Å². The van der Waals surface area contributed by atoms with Gasteiger partial charge < -0.3 is 10.2 Å². The van der Waals surface area contributed by atoms with E-state index in [0.717, 1.165) is 18.5 Å². The maximum Gasteiger partial charge on any atom is 0.222 e. The fourth-order valence-corrected chi connectivity index (χ4v) is 1.69. The first-order valence-corrected chi connectivity index (χ1v) is 6.56. The van der Waals surface area contributed by atoms with E-state index in [9.17, 15) is 4.79 Å². The SMILES string of the molecule is C=C(C)CN(CC)C(=O)CCCNc1ncccn1. The van der Waals surface area contributed by atoms with E-state index in [4.69, 9.17) is 0 Å². The lowest BCUT2D eigenvalue weighted by Gasteiger charge is -2.20. The molecule has 1 rings (SSSR count). The van der Waals surface area contributed by atoms with Crippen molar-refractivity contribution in [1.29, 1.82) is 0 Å². The number of rotatable bonds is 8. The first-order chi connectivity index (χ1) is 9.13. The molecule has 0 bridgehead atoms. The largest absolute Gasteiger partial charge is 0.354 e. The summed E-state index contributed by atoms with van der Waals surface area (Å²) < 4.78 is 0. The summed E-state index contributed by atoms with van der Waals surface area (Å²) in [6.45, 7) is 9.82. The van der Waals surface area contributed by atoms with Crippen LogP contribution in [0.5, 0.6) is 0 Å². The summed E-state index contributed by atoms with van der Waals surface area (Å²) in [5, 5.41) is 3.09. The Morgan fingerprint density at radius 1 is 1.42 bits per heavy atom. The van der Waals surface area contributed by atoms with Gasteiger partial charge in [-0.05, 0) is 26.3 Å². The smallest absolute Gasteiger partial charge is 0.222 e. The summed E-state index contributed by atoms with van der Waals surface area (Å²) in [6.07, 6.45) is 4.67. The van der Waals surface area contributed by atoms with Crippen LogP contribution < -0.4 is 5.32 Å². The zero-order valence-corrected chi connectivity index (χ0v) is 11.7. The molecule has 0 atom stereocenters. The molecule has 5 heteroatoms. The summed E-state index contributed by atoms with van der Waals surface area (Å²) in [7, 11) is 0. The fourth-order valence-electron chi connectivity index (χ4n) is 1.69. The lowest BCUT2D eigenvalue weighted by molar-refractivity contribution is -0.130. The van der Waals surface area contributed by atoms with Crippen LogP contribution in [0.1, 0.15) is 26.7 Å². The maximum atomic E-state index is 11.9. The van der Waals surface area contributed by atoms with Gasteiger partial charge >= 0.3 is 0 Å². The van der Waals surface area contributed by atoms with Gasteiger partial charge in [-0.1, -0.05) is 12.2 Å². The second-order valence-corrected chi connectivity index (χ2v) is 4.47. The molecule has 1 heterocycles. The maximum absolute atomic E-state index is 11.9. The lowest BCUT2D eigenvalue weighted by Crippen LogP contribution is -2.32. The highest BCUT2D eigenvalue weighted by molar-refractivity contribution is 5.76. The molecule has 0 unspecified atom stereocenters. The number of aromatic nitrogens is 2. The summed E-state index contributed by atoms with van der Waals surface area (Å²) in [6, 6.07) is 1.77. The Hall–Kier alpha value is -1.91. The summed E-state index contributed by atoms with van der Waals surface area (Å²) >= 11 is 0. The number of carbonyl (C=O) groups excluding carboxylic acids is 1. The van der Waals surface area contributed by atoms with E-state index in [2.05, 4.69) is 21.9 Å². The topological polar surface area (TPSA) is 58.1 Å². The van der Waals surface area contributed by atoms with Crippen molar-refractivity contribution in [3.05, 3.63) is 30.6 Å². The Bertz CT molecular complexity index is 405. The van der Waals surface area contributed by atoms with Gasteiger partial charge in [-0.15, -0.1) is 0 Å². The third-order valence-corrected chi connectivity index (χ3v) is 2.61. The normalized spacial score (nSPS) is 10.0. The average molecular weight is 262 g/mol. The van der Waals surface area contributed by atoms with E-state index in [-0.39, 0.29) is 5.91 Å². The molecular weight excluding hydrogens is 240 g/mol. The van der Waals surface area contributed by atoms with Crippen LogP contribution in [-0.4, -0.2) is 40.4 Å². The van der Waals surface area contributed by atoms with E-state index >= 15 is 0 Å². The monoisotopic (exact) mass is 262 g/mol. The predicted octanol–water partition coefficient (Wildman–Crippen LogP) is 2.09. The van der Waals surface area contributed by atoms with Crippen LogP contribution in [-0.2, 0) is 4.79 Å². The van der Waals surface area contributed by atoms with Crippen LogP contribution in [0.2, 0.25) is 0 Å². The molecule has 1 aromatic heterocycles. The minimum Gasteiger partial charge on any atom is -0.354 e. The fraction of sp³-hybridized carbons (Fsp3) is 0.500. The van der Waals surface area contributed by atoms with Gasteiger partial charge in [0, 0.05) is 38.4 Å². The van der Waals surface area contributed by atoms with E-state index in [1.807, 2.05) is 18.7 Å². The van der Waals surface area contributed by atoms with Crippen LogP contribution in [0.15, 0.2) is 30.6 Å². The van der Waals surface area contributed by atoms with Gasteiger partial charge in [0.1, 0.15) is 0 Å². The number of hydrogen-bond acceptors (Lipinski definition) is 4. The molecule has 5 nitrogen and oxygen atoms in total. The van der Waals surface area contributed by atoms with Gasteiger partial charge in [0.15, 0.2) is 0 Å². The van der Waals surface area contributed by atoms with E-state index in [1.165, 1.54) is 0 Å². The number of amides is 1. The van der Waals surface area contributed by atoms with Crippen LogP contribution in [0, 0.1) is 0 Å². The minimum absolute atomic E-state index is 0.168. The molecule has 0 aromatic carbocycles. The van der Waals surface area contributed by atoms with Gasteiger partial charge in [-0.3, -0.25) is 4.79 Å². The van der Waals surface area contributed by atoms with Gasteiger partial charge in [0.05, 0.1) is 0 Å². The van der Waals surface area contributed by atoms with E-state index < -0.39 is 0 Å². The highest BCUT2D eigenvalue weighted by Crippen LogP contribution is 2.02. The first-order valence-electron chi connectivity index (χ1n) is 6.56. The Morgan fingerprint density at radius 3 is 2.68 bits per heavy atom. The number of likely N-dealkylation sites (N-methyl/N-ethyl adjacent to an activating group) is 1. The molecule has 0 spiro atoms. The van der Waals surface area contributed by atoms with Crippen molar-refractivity contribution >= 4 is 11.9 Å². The highest BCUT2D eigenvalue weighted by Gasteiger charge is 2.10. The van der Waals surface area contributed by atoms with Crippen LogP contribution in [0.4, 0.5) is 5.95 Å². The number of anilines is 1. The summed E-state index contributed by atoms with van der Waals surface area (Å²) in [5.74, 6) is 0.769. The van der Waals surface area contributed by atoms with Crippen LogP contribution in [0.3, 0.4) is 0 Å². The number of nitrogens with one attached hydrogen (secondary N) is 1. The van der Waals surface area contributed by atoms with E-state index in [1.54, 1.807) is 18.5 Å². The Kier molecular flexibility index (Phi) is 6.57. The molecule has 1 amide bonds. The number of carbonyl (C=O) groups is 1. The quantitative estimate of drug-likeness (QED) is 0.575. The van der Waals surface area contributed by atoms with E-state index in [0.29, 0.717) is 25.5 Å². The zero-order valence-electron chi connectivity index (χ0n) is 11.7. The van der Waals surface area contributed by atoms with Crippen LogP contribution in [0.25, 0.3) is 0 Å². The molecule has 0 aliphatic heterocycles. The molecular formula is C14H22N4O. The Labute approximate surface area is 114 Å². The van der Waals surface area contributed by atoms with Gasteiger partial charge in [-0.2, -0.15) is 0 Å². The zero-order chi connectivity index (χ0) is 14.1. The minimum atomic E-state index is 0.168. The van der Waals surface area contributed by atoms with Crippen molar-refractivity contribution in [2.45, 2.75) is 26.7 Å². The molecule has 1 N–H and O–H groups in total. The second kappa shape index (κ2) is 8.24. The number of hydrogen-bond donors (Lipinski definition) is 1. The van der Waals surface area contributed by atoms with Crippen LogP contribution >= 0.6 is 0 Å². The summed E-state index contributed by atoms with van der Waals surface area (Å²) in [4.78, 5) is 21.9. The second-order valence-electron chi connectivity index (χ2n) is 4.47. The lowest BCUT2D eigenvalue weighted by atomic mass is 10.2. The molecule has 104 valence electrons. The molecule has 0 radical (unpaired) electrons. The Morgan fingerprint density at radius 2 is 2.11 bits per heavy atom. The van der Waals surface area contributed by atoms with Crippen molar-refractivity contribution < 1.29 is 4.79 Å². The highest BCUT2D eigenvalue weighted by atomic mass is 16.2. The average Bonchev–Trinajstić information content (AvgIpc) is 2.41. The van der Waals surface area contributed by atoms with Crippen molar-refractivity contribution in [2.24, 2.45) is 0 Å². The van der Waals surface area contributed by atoms with Gasteiger partial charge in [0.25, 0.3) is 0 Å². The molecule has 0 aliphatic rings. The molecule has 0 aliphatic carbocycles. The molecule has 19 heavy (non-hydrogen) atoms. The molecule has 0 saturated heterocycles. The van der Waals surface area contributed by atoms with Crippen molar-refractivity contribution in [3.8, 4) is 0 Å². The van der Waals surface area contributed by atoms with Gasteiger partial charge in [0.2, 0.25) is 11.9 Å². The molecule has 1 aromatic rings.